The number of carbonyl (C=O) groups is 1. The highest BCUT2D eigenvalue weighted by molar-refractivity contribution is 5.94. The van der Waals surface area contributed by atoms with Crippen LogP contribution in [0.3, 0.4) is 0 Å². The quantitative estimate of drug-likeness (QED) is 0.580. The van der Waals surface area contributed by atoms with Gasteiger partial charge in [-0.25, -0.2) is 9.78 Å². The van der Waals surface area contributed by atoms with Crippen molar-refractivity contribution in [1.82, 2.24) is 10.3 Å². The molecule has 1 aliphatic rings. The topological polar surface area (TPSA) is 109 Å². The van der Waals surface area contributed by atoms with E-state index in [9.17, 15) is 14.9 Å². The summed E-state index contributed by atoms with van der Waals surface area (Å²) in [5.41, 5.74) is -0.447. The van der Waals surface area contributed by atoms with Gasteiger partial charge in [0.25, 0.3) is 5.69 Å². The summed E-state index contributed by atoms with van der Waals surface area (Å²) in [5.74, 6) is -0.922. The zero-order valence-corrected chi connectivity index (χ0v) is 9.50. The Morgan fingerprint density at radius 2 is 2.17 bits per heavy atom. The van der Waals surface area contributed by atoms with Crippen LogP contribution in [0.5, 0.6) is 0 Å². The van der Waals surface area contributed by atoms with E-state index in [2.05, 4.69) is 10.3 Å². The van der Waals surface area contributed by atoms with Gasteiger partial charge in [0.05, 0.1) is 4.92 Å². The summed E-state index contributed by atoms with van der Waals surface area (Å²) in [4.78, 5) is 26.8. The maximum absolute atomic E-state index is 11.1. The number of aromatic carboxylic acids is 1. The molecule has 0 spiro atoms. The lowest BCUT2D eigenvalue weighted by atomic mass is 10.2. The Morgan fingerprint density at radius 3 is 2.72 bits per heavy atom. The molecule has 0 bridgehead atoms. The number of nitro groups is 1. The Balaban J connectivity index is 2.39. The van der Waals surface area contributed by atoms with Crippen LogP contribution in [0.25, 0.3) is 0 Å². The minimum Gasteiger partial charge on any atom is -0.478 e. The van der Waals surface area contributed by atoms with Gasteiger partial charge < -0.3 is 15.3 Å². The highest BCUT2D eigenvalue weighted by atomic mass is 16.6. The highest BCUT2D eigenvalue weighted by Crippen LogP contribution is 2.22. The van der Waals surface area contributed by atoms with Gasteiger partial charge in [0, 0.05) is 32.2 Å². The second-order valence-corrected chi connectivity index (χ2v) is 3.86. The molecule has 1 aromatic rings. The number of hydrogen-bond acceptors (Lipinski definition) is 6. The van der Waals surface area contributed by atoms with Gasteiger partial charge in [-0.05, 0) is 0 Å². The molecule has 1 aromatic heterocycles. The molecule has 8 heteroatoms. The fraction of sp³-hybridized carbons (Fsp3) is 0.400. The first-order chi connectivity index (χ1) is 8.59. The second-order valence-electron chi connectivity index (χ2n) is 3.86. The Kier molecular flexibility index (Phi) is 3.38. The average Bonchev–Trinajstić information content (AvgIpc) is 2.39. The zero-order valence-electron chi connectivity index (χ0n) is 9.50. The number of pyridine rings is 1. The van der Waals surface area contributed by atoms with E-state index >= 15 is 0 Å². The number of rotatable bonds is 3. The standard InChI is InChI=1S/C10H12N4O4/c15-10(16)8-5-7(14(17)18)6-12-9(8)13-3-1-11-2-4-13/h5-6,11H,1-4H2,(H,15,16). The number of anilines is 1. The molecular weight excluding hydrogens is 240 g/mol. The summed E-state index contributed by atoms with van der Waals surface area (Å²) in [6.45, 7) is 2.73. The molecule has 0 aromatic carbocycles. The maximum Gasteiger partial charge on any atom is 0.339 e. The minimum atomic E-state index is -1.21. The maximum atomic E-state index is 11.1. The molecule has 2 heterocycles. The van der Waals surface area contributed by atoms with E-state index in [0.717, 1.165) is 25.4 Å². The van der Waals surface area contributed by atoms with Crippen LogP contribution in [0, 0.1) is 10.1 Å². The summed E-state index contributed by atoms with van der Waals surface area (Å²) in [6, 6.07) is 1.05. The van der Waals surface area contributed by atoms with Crippen molar-refractivity contribution in [3.8, 4) is 0 Å². The van der Waals surface area contributed by atoms with Crippen LogP contribution in [0.2, 0.25) is 0 Å². The van der Waals surface area contributed by atoms with Gasteiger partial charge in [0.2, 0.25) is 0 Å². The van der Waals surface area contributed by atoms with Gasteiger partial charge in [-0.2, -0.15) is 0 Å². The zero-order chi connectivity index (χ0) is 13.1. The van der Waals surface area contributed by atoms with E-state index < -0.39 is 10.9 Å². The molecule has 96 valence electrons. The Labute approximate surface area is 102 Å². The van der Waals surface area contributed by atoms with Crippen molar-refractivity contribution in [2.24, 2.45) is 0 Å². The van der Waals surface area contributed by atoms with Crippen LogP contribution in [-0.4, -0.2) is 47.2 Å². The molecule has 0 aliphatic carbocycles. The van der Waals surface area contributed by atoms with E-state index in [1.165, 1.54) is 0 Å². The first-order valence-corrected chi connectivity index (χ1v) is 5.43. The van der Waals surface area contributed by atoms with E-state index in [0.29, 0.717) is 13.1 Å². The molecule has 1 saturated heterocycles. The summed E-state index contributed by atoms with van der Waals surface area (Å²) >= 11 is 0. The Hall–Kier alpha value is -2.22. The fourth-order valence-electron chi connectivity index (χ4n) is 1.83. The van der Waals surface area contributed by atoms with Crippen LogP contribution >= 0.6 is 0 Å². The number of nitrogens with one attached hydrogen (secondary N) is 1. The molecule has 2 N–H and O–H groups in total. The van der Waals surface area contributed by atoms with Gasteiger partial charge in [0.1, 0.15) is 17.6 Å². The summed E-state index contributed by atoms with van der Waals surface area (Å²) < 4.78 is 0. The first kappa shape index (κ1) is 12.2. The van der Waals surface area contributed by atoms with E-state index in [1.54, 1.807) is 0 Å². The van der Waals surface area contributed by atoms with Crippen molar-refractivity contribution < 1.29 is 14.8 Å². The van der Waals surface area contributed by atoms with Crippen molar-refractivity contribution in [2.45, 2.75) is 0 Å². The number of aromatic nitrogens is 1. The number of carboxylic acid groups (broad SMARTS) is 1. The predicted molar refractivity (Wildman–Crippen MR) is 62.9 cm³/mol. The van der Waals surface area contributed by atoms with Crippen LogP contribution in [0.15, 0.2) is 12.3 Å². The van der Waals surface area contributed by atoms with Crippen LogP contribution in [0.4, 0.5) is 11.5 Å². The highest BCUT2D eigenvalue weighted by Gasteiger charge is 2.22. The Morgan fingerprint density at radius 1 is 1.50 bits per heavy atom. The van der Waals surface area contributed by atoms with Gasteiger partial charge >= 0.3 is 5.97 Å². The average molecular weight is 252 g/mol. The molecule has 2 rings (SSSR count). The number of nitrogens with zero attached hydrogens (tertiary/aromatic N) is 3. The molecule has 0 amide bonds. The third kappa shape index (κ3) is 2.38. The normalized spacial score (nSPS) is 15.4. The monoisotopic (exact) mass is 252 g/mol. The third-order valence-electron chi connectivity index (χ3n) is 2.71. The Bertz CT molecular complexity index is 485. The van der Waals surface area contributed by atoms with Crippen molar-refractivity contribution >= 4 is 17.5 Å². The van der Waals surface area contributed by atoms with E-state index in [-0.39, 0.29) is 17.1 Å². The van der Waals surface area contributed by atoms with E-state index in [4.69, 9.17) is 5.11 Å². The minimum absolute atomic E-state index is 0.133. The SMILES string of the molecule is O=C(O)c1cc([N+](=O)[O-])cnc1N1CCNCC1. The van der Waals surface area contributed by atoms with Gasteiger partial charge in [-0.15, -0.1) is 0 Å². The van der Waals surface area contributed by atoms with Crippen molar-refractivity contribution in [2.75, 3.05) is 31.1 Å². The summed E-state index contributed by atoms with van der Waals surface area (Å²) in [6.07, 6.45) is 1.09. The molecule has 8 nitrogen and oxygen atoms in total. The van der Waals surface area contributed by atoms with Crippen molar-refractivity contribution in [1.29, 1.82) is 0 Å². The van der Waals surface area contributed by atoms with Gasteiger partial charge in [0.15, 0.2) is 0 Å². The molecule has 0 saturated carbocycles. The third-order valence-corrected chi connectivity index (χ3v) is 2.71. The molecule has 1 aliphatic heterocycles. The molecule has 1 fully saturated rings. The number of piperazine rings is 1. The van der Waals surface area contributed by atoms with Crippen LogP contribution in [0.1, 0.15) is 10.4 Å². The summed E-state index contributed by atoms with van der Waals surface area (Å²) in [7, 11) is 0. The fourth-order valence-corrected chi connectivity index (χ4v) is 1.83. The largest absolute Gasteiger partial charge is 0.478 e. The van der Waals surface area contributed by atoms with Crippen molar-refractivity contribution in [3.05, 3.63) is 27.9 Å². The van der Waals surface area contributed by atoms with Gasteiger partial charge in [-0.3, -0.25) is 10.1 Å². The molecule has 0 unspecified atom stereocenters. The lowest BCUT2D eigenvalue weighted by Gasteiger charge is -2.29. The molecule has 0 radical (unpaired) electrons. The number of hydrogen-bond donors (Lipinski definition) is 2. The smallest absolute Gasteiger partial charge is 0.339 e. The van der Waals surface area contributed by atoms with Crippen molar-refractivity contribution in [3.63, 3.8) is 0 Å². The molecular formula is C10H12N4O4. The summed E-state index contributed by atoms with van der Waals surface area (Å²) in [5, 5.41) is 22.8. The van der Waals surface area contributed by atoms with Crippen LogP contribution < -0.4 is 10.2 Å². The lowest BCUT2D eigenvalue weighted by molar-refractivity contribution is -0.385. The van der Waals surface area contributed by atoms with Gasteiger partial charge in [-0.1, -0.05) is 0 Å². The first-order valence-electron chi connectivity index (χ1n) is 5.43. The second kappa shape index (κ2) is 4.96. The van der Waals surface area contributed by atoms with Crippen LogP contribution in [-0.2, 0) is 0 Å². The molecule has 18 heavy (non-hydrogen) atoms. The molecule has 0 atom stereocenters. The predicted octanol–water partition coefficient (Wildman–Crippen LogP) is 0.0976. The number of carboxylic acids is 1. The van der Waals surface area contributed by atoms with E-state index in [1.807, 2.05) is 4.90 Å². The lowest BCUT2D eigenvalue weighted by Crippen LogP contribution is -2.44.